The van der Waals surface area contributed by atoms with Crippen molar-refractivity contribution in [3.05, 3.63) is 35.9 Å². The molecular weight excluding hydrogens is 188 g/mol. The maximum Gasteiger partial charge on any atom is 0.179 e. The lowest BCUT2D eigenvalue weighted by Gasteiger charge is -2.22. The Balaban J connectivity index is 1.89. The minimum Gasteiger partial charge on any atom is -0.481 e. The number of ether oxygens (including phenoxy) is 1. The number of nitrogens with zero attached hydrogens (tertiary/aromatic N) is 2. The van der Waals surface area contributed by atoms with Crippen LogP contribution in [0.5, 0.6) is 5.75 Å². The van der Waals surface area contributed by atoms with Gasteiger partial charge in [-0.3, -0.25) is 9.98 Å². The summed E-state index contributed by atoms with van der Waals surface area (Å²) in [5, 5.41) is 0. The van der Waals surface area contributed by atoms with E-state index in [1.165, 1.54) is 0 Å². The van der Waals surface area contributed by atoms with Gasteiger partial charge in [-0.1, -0.05) is 24.3 Å². The van der Waals surface area contributed by atoms with Crippen LogP contribution in [-0.2, 0) is 0 Å². The first-order valence-electron chi connectivity index (χ1n) is 4.92. The molecule has 1 atom stereocenters. The molecule has 0 saturated carbocycles. The molecule has 3 rings (SSSR count). The number of fused-ring (bicyclic) bond motifs is 1. The standard InChI is InChI=1S/C12H10N2O/c1-2-4-10-9(3-1)5-6-11(15-10)12-13-7-8-14-12/h1-8,11-12H. The summed E-state index contributed by atoms with van der Waals surface area (Å²) in [4.78, 5) is 8.42. The molecule has 1 unspecified atom stereocenters. The van der Waals surface area contributed by atoms with Crippen LogP contribution in [0, 0.1) is 0 Å². The zero-order chi connectivity index (χ0) is 10.1. The topological polar surface area (TPSA) is 34.0 Å². The van der Waals surface area contributed by atoms with Crippen molar-refractivity contribution in [1.82, 2.24) is 0 Å². The maximum absolute atomic E-state index is 5.80. The summed E-state index contributed by atoms with van der Waals surface area (Å²) in [7, 11) is 0. The predicted octanol–water partition coefficient (Wildman–Crippen LogP) is 1.94. The molecule has 15 heavy (non-hydrogen) atoms. The second kappa shape index (κ2) is 3.35. The molecular formula is C12H10N2O. The number of benzene rings is 1. The van der Waals surface area contributed by atoms with Crippen LogP contribution in [0.3, 0.4) is 0 Å². The molecule has 0 saturated heterocycles. The van der Waals surface area contributed by atoms with Gasteiger partial charge in [-0.2, -0.15) is 0 Å². The highest BCUT2D eigenvalue weighted by Gasteiger charge is 2.23. The average Bonchev–Trinajstić information content (AvgIpc) is 2.82. The number of hydrogen-bond donors (Lipinski definition) is 0. The number of rotatable bonds is 1. The van der Waals surface area contributed by atoms with Gasteiger partial charge in [0.05, 0.1) is 0 Å². The molecule has 0 N–H and O–H groups in total. The Morgan fingerprint density at radius 3 is 2.73 bits per heavy atom. The molecule has 0 radical (unpaired) electrons. The van der Waals surface area contributed by atoms with Crippen LogP contribution in [0.4, 0.5) is 0 Å². The van der Waals surface area contributed by atoms with Gasteiger partial charge in [-0.05, 0) is 12.1 Å². The van der Waals surface area contributed by atoms with Crippen LogP contribution < -0.4 is 4.74 Å². The quantitative estimate of drug-likeness (QED) is 0.679. The lowest BCUT2D eigenvalue weighted by molar-refractivity contribution is 0.219. The third-order valence-corrected chi connectivity index (χ3v) is 2.49. The molecule has 0 fully saturated rings. The van der Waals surface area contributed by atoms with Crippen molar-refractivity contribution >= 4 is 18.5 Å². The monoisotopic (exact) mass is 198 g/mol. The van der Waals surface area contributed by atoms with Gasteiger partial charge in [0.15, 0.2) is 12.3 Å². The van der Waals surface area contributed by atoms with E-state index in [0.717, 1.165) is 11.3 Å². The van der Waals surface area contributed by atoms with E-state index in [1.54, 1.807) is 12.4 Å². The zero-order valence-corrected chi connectivity index (χ0v) is 8.08. The number of para-hydroxylation sites is 1. The molecule has 0 aromatic heterocycles. The van der Waals surface area contributed by atoms with Crippen molar-refractivity contribution < 1.29 is 4.74 Å². The van der Waals surface area contributed by atoms with E-state index in [0.29, 0.717) is 0 Å². The van der Waals surface area contributed by atoms with Crippen LogP contribution in [0.1, 0.15) is 5.56 Å². The fourth-order valence-electron chi connectivity index (χ4n) is 1.73. The van der Waals surface area contributed by atoms with Gasteiger partial charge in [0, 0.05) is 18.0 Å². The molecule has 2 heterocycles. The number of hydrogen-bond acceptors (Lipinski definition) is 3. The summed E-state index contributed by atoms with van der Waals surface area (Å²) in [6.07, 6.45) is 7.30. The average molecular weight is 198 g/mol. The molecule has 3 heteroatoms. The molecule has 74 valence electrons. The summed E-state index contributed by atoms with van der Waals surface area (Å²) in [5.41, 5.74) is 1.11. The molecule has 0 aliphatic carbocycles. The molecule has 1 aromatic rings. The summed E-state index contributed by atoms with van der Waals surface area (Å²) >= 11 is 0. The first-order valence-corrected chi connectivity index (χ1v) is 4.92. The highest BCUT2D eigenvalue weighted by molar-refractivity contribution is 6.17. The summed E-state index contributed by atoms with van der Waals surface area (Å²) in [6, 6.07) is 7.96. The van der Waals surface area contributed by atoms with Crippen molar-refractivity contribution in [2.45, 2.75) is 12.3 Å². The van der Waals surface area contributed by atoms with Crippen molar-refractivity contribution in [2.24, 2.45) is 9.98 Å². The van der Waals surface area contributed by atoms with E-state index >= 15 is 0 Å². The Morgan fingerprint density at radius 1 is 1.07 bits per heavy atom. The molecule has 3 nitrogen and oxygen atoms in total. The van der Waals surface area contributed by atoms with E-state index in [-0.39, 0.29) is 12.3 Å². The molecule has 2 aliphatic rings. The lowest BCUT2D eigenvalue weighted by Crippen LogP contribution is -2.27. The highest BCUT2D eigenvalue weighted by Crippen LogP contribution is 2.27. The zero-order valence-electron chi connectivity index (χ0n) is 8.08. The van der Waals surface area contributed by atoms with Crippen molar-refractivity contribution in [3.63, 3.8) is 0 Å². The molecule has 2 aliphatic heterocycles. The van der Waals surface area contributed by atoms with Gasteiger partial charge >= 0.3 is 0 Å². The fraction of sp³-hybridized carbons (Fsp3) is 0.167. The van der Waals surface area contributed by atoms with Gasteiger partial charge < -0.3 is 4.74 Å². The second-order valence-corrected chi connectivity index (χ2v) is 3.49. The molecule has 1 aromatic carbocycles. The van der Waals surface area contributed by atoms with Gasteiger partial charge in [0.2, 0.25) is 0 Å². The maximum atomic E-state index is 5.80. The minimum atomic E-state index is -0.116. The van der Waals surface area contributed by atoms with Gasteiger partial charge in [0.25, 0.3) is 0 Å². The van der Waals surface area contributed by atoms with Gasteiger partial charge in [-0.15, -0.1) is 0 Å². The van der Waals surface area contributed by atoms with E-state index in [2.05, 4.69) is 16.1 Å². The third kappa shape index (κ3) is 1.46. The minimum absolute atomic E-state index is 0.0742. The van der Waals surface area contributed by atoms with Crippen molar-refractivity contribution in [2.75, 3.05) is 0 Å². The normalized spacial score (nSPS) is 22.8. The Labute approximate surface area is 87.8 Å². The van der Waals surface area contributed by atoms with E-state index in [9.17, 15) is 0 Å². The molecule has 0 bridgehead atoms. The summed E-state index contributed by atoms with van der Waals surface area (Å²) < 4.78 is 5.80. The van der Waals surface area contributed by atoms with Crippen LogP contribution in [-0.4, -0.2) is 24.7 Å². The van der Waals surface area contributed by atoms with Crippen LogP contribution in [0.2, 0.25) is 0 Å². The van der Waals surface area contributed by atoms with E-state index < -0.39 is 0 Å². The van der Waals surface area contributed by atoms with E-state index in [1.807, 2.05) is 30.3 Å². The lowest BCUT2D eigenvalue weighted by atomic mass is 10.1. The van der Waals surface area contributed by atoms with Crippen molar-refractivity contribution in [1.29, 1.82) is 0 Å². The largest absolute Gasteiger partial charge is 0.481 e. The second-order valence-electron chi connectivity index (χ2n) is 3.49. The highest BCUT2D eigenvalue weighted by atomic mass is 16.5. The van der Waals surface area contributed by atoms with Crippen LogP contribution in [0.25, 0.3) is 6.08 Å². The summed E-state index contributed by atoms with van der Waals surface area (Å²) in [5.74, 6) is 0.905. The first kappa shape index (κ1) is 8.41. The molecule has 0 spiro atoms. The van der Waals surface area contributed by atoms with Gasteiger partial charge in [0.1, 0.15) is 5.75 Å². The van der Waals surface area contributed by atoms with Crippen molar-refractivity contribution in [3.8, 4) is 5.75 Å². The Kier molecular flexibility index (Phi) is 1.88. The smallest absolute Gasteiger partial charge is 0.179 e. The van der Waals surface area contributed by atoms with Gasteiger partial charge in [-0.25, -0.2) is 0 Å². The van der Waals surface area contributed by atoms with Crippen LogP contribution >= 0.6 is 0 Å². The Bertz CT molecular complexity index is 450. The molecule has 0 amide bonds. The SMILES string of the molecule is C1=CC(C2N=CC=N2)Oc2ccccc21. The Hall–Kier alpha value is -1.90. The predicted molar refractivity (Wildman–Crippen MR) is 60.7 cm³/mol. The van der Waals surface area contributed by atoms with E-state index in [4.69, 9.17) is 4.74 Å². The number of aliphatic imine (C=N–C) groups is 2. The Morgan fingerprint density at radius 2 is 1.87 bits per heavy atom. The van der Waals surface area contributed by atoms with Crippen LogP contribution in [0.15, 0.2) is 40.3 Å². The third-order valence-electron chi connectivity index (χ3n) is 2.49. The first-order chi connectivity index (χ1) is 7.43. The fourth-order valence-corrected chi connectivity index (χ4v) is 1.73. The summed E-state index contributed by atoms with van der Waals surface area (Å²) in [6.45, 7) is 0.